The second-order valence-electron chi connectivity index (χ2n) is 3.87. The van der Waals surface area contributed by atoms with Gasteiger partial charge >= 0.3 is 0 Å². The van der Waals surface area contributed by atoms with Gasteiger partial charge in [0.1, 0.15) is 0 Å². The van der Waals surface area contributed by atoms with Crippen molar-refractivity contribution in [2.24, 2.45) is 17.8 Å². The predicted molar refractivity (Wildman–Crippen MR) is 44.4 cm³/mol. The standard InChI is InChI=1S/C9H17NO/c1-11-6-9(7-2-3-7)8-4-10-5-8/h7-10H,2-6H2,1H3. The summed E-state index contributed by atoms with van der Waals surface area (Å²) in [5.74, 6) is 2.78. The summed E-state index contributed by atoms with van der Waals surface area (Å²) in [7, 11) is 1.82. The topological polar surface area (TPSA) is 21.3 Å². The summed E-state index contributed by atoms with van der Waals surface area (Å²) >= 11 is 0. The molecule has 0 aromatic carbocycles. The van der Waals surface area contributed by atoms with E-state index in [1.165, 1.54) is 25.9 Å². The summed E-state index contributed by atoms with van der Waals surface area (Å²) in [6.07, 6.45) is 2.90. The summed E-state index contributed by atoms with van der Waals surface area (Å²) < 4.78 is 5.23. The molecule has 0 radical (unpaired) electrons. The number of ether oxygens (including phenoxy) is 1. The van der Waals surface area contributed by atoms with Crippen LogP contribution in [0.15, 0.2) is 0 Å². The van der Waals surface area contributed by atoms with Crippen LogP contribution in [-0.2, 0) is 4.74 Å². The van der Waals surface area contributed by atoms with Crippen LogP contribution < -0.4 is 5.32 Å². The molecule has 1 N–H and O–H groups in total. The normalized spacial score (nSPS) is 28.1. The predicted octanol–water partition coefficient (Wildman–Crippen LogP) is 0.878. The third-order valence-electron chi connectivity index (χ3n) is 3.01. The van der Waals surface area contributed by atoms with Crippen LogP contribution in [0.4, 0.5) is 0 Å². The van der Waals surface area contributed by atoms with Crippen molar-refractivity contribution in [3.63, 3.8) is 0 Å². The van der Waals surface area contributed by atoms with Crippen molar-refractivity contribution in [3.05, 3.63) is 0 Å². The third kappa shape index (κ3) is 1.57. The van der Waals surface area contributed by atoms with Crippen LogP contribution in [0.2, 0.25) is 0 Å². The highest BCUT2D eigenvalue weighted by Gasteiger charge is 2.38. The molecular weight excluding hydrogens is 138 g/mol. The van der Waals surface area contributed by atoms with Gasteiger partial charge in [-0.15, -0.1) is 0 Å². The molecule has 0 spiro atoms. The lowest BCUT2D eigenvalue weighted by molar-refractivity contribution is 0.0854. The molecule has 1 saturated heterocycles. The van der Waals surface area contributed by atoms with Crippen molar-refractivity contribution in [1.82, 2.24) is 5.32 Å². The van der Waals surface area contributed by atoms with Crippen molar-refractivity contribution in [3.8, 4) is 0 Å². The molecule has 1 saturated carbocycles. The molecule has 11 heavy (non-hydrogen) atoms. The first-order valence-electron chi connectivity index (χ1n) is 4.61. The van der Waals surface area contributed by atoms with E-state index in [1.54, 1.807) is 0 Å². The molecule has 1 heterocycles. The van der Waals surface area contributed by atoms with Crippen LogP contribution in [-0.4, -0.2) is 26.8 Å². The van der Waals surface area contributed by atoms with Crippen LogP contribution in [0.5, 0.6) is 0 Å². The number of hydrogen-bond donors (Lipinski definition) is 1. The smallest absolute Gasteiger partial charge is 0.0496 e. The van der Waals surface area contributed by atoms with Gasteiger partial charge in [0.25, 0.3) is 0 Å². The van der Waals surface area contributed by atoms with Gasteiger partial charge in [0.15, 0.2) is 0 Å². The zero-order chi connectivity index (χ0) is 7.68. The van der Waals surface area contributed by atoms with E-state index in [0.29, 0.717) is 0 Å². The molecule has 64 valence electrons. The average molecular weight is 155 g/mol. The minimum Gasteiger partial charge on any atom is -0.384 e. The highest BCUT2D eigenvalue weighted by Crippen LogP contribution is 2.41. The van der Waals surface area contributed by atoms with Crippen molar-refractivity contribution < 1.29 is 4.74 Å². The Balaban J connectivity index is 1.81. The van der Waals surface area contributed by atoms with E-state index in [-0.39, 0.29) is 0 Å². The summed E-state index contributed by atoms with van der Waals surface area (Å²) in [6, 6.07) is 0. The number of rotatable bonds is 4. The minimum atomic E-state index is 0.862. The maximum Gasteiger partial charge on any atom is 0.0496 e. The van der Waals surface area contributed by atoms with Gasteiger partial charge in [0.05, 0.1) is 0 Å². The average Bonchev–Trinajstić information content (AvgIpc) is 2.63. The first kappa shape index (κ1) is 7.56. The van der Waals surface area contributed by atoms with Crippen LogP contribution >= 0.6 is 0 Å². The molecule has 0 aromatic rings. The summed E-state index contributed by atoms with van der Waals surface area (Å²) in [6.45, 7) is 3.44. The molecule has 0 bridgehead atoms. The summed E-state index contributed by atoms with van der Waals surface area (Å²) in [5.41, 5.74) is 0. The number of nitrogens with one attached hydrogen (secondary N) is 1. The molecule has 2 heteroatoms. The molecule has 2 fully saturated rings. The Bertz CT molecular complexity index is 130. The zero-order valence-corrected chi connectivity index (χ0v) is 7.18. The van der Waals surface area contributed by atoms with Crippen LogP contribution in [0.3, 0.4) is 0 Å². The Morgan fingerprint density at radius 2 is 2.09 bits per heavy atom. The van der Waals surface area contributed by atoms with E-state index < -0.39 is 0 Å². The van der Waals surface area contributed by atoms with Crippen molar-refractivity contribution in [2.45, 2.75) is 12.8 Å². The van der Waals surface area contributed by atoms with E-state index in [2.05, 4.69) is 5.32 Å². The van der Waals surface area contributed by atoms with Gasteiger partial charge in [0, 0.05) is 13.7 Å². The molecule has 1 aliphatic carbocycles. The maximum atomic E-state index is 5.23. The second-order valence-corrected chi connectivity index (χ2v) is 3.87. The van der Waals surface area contributed by atoms with Gasteiger partial charge in [0.2, 0.25) is 0 Å². The maximum absolute atomic E-state index is 5.23. The van der Waals surface area contributed by atoms with Crippen LogP contribution in [0.25, 0.3) is 0 Å². The molecule has 0 amide bonds. The Kier molecular flexibility index (Phi) is 2.14. The quantitative estimate of drug-likeness (QED) is 0.650. The van der Waals surface area contributed by atoms with E-state index in [4.69, 9.17) is 4.74 Å². The van der Waals surface area contributed by atoms with Gasteiger partial charge in [-0.3, -0.25) is 0 Å². The molecule has 2 aliphatic rings. The minimum absolute atomic E-state index is 0.862. The van der Waals surface area contributed by atoms with E-state index >= 15 is 0 Å². The summed E-state index contributed by atoms with van der Waals surface area (Å²) in [4.78, 5) is 0. The number of methoxy groups -OCH3 is 1. The highest BCUT2D eigenvalue weighted by atomic mass is 16.5. The van der Waals surface area contributed by atoms with E-state index in [1.807, 2.05) is 7.11 Å². The van der Waals surface area contributed by atoms with E-state index in [9.17, 15) is 0 Å². The third-order valence-corrected chi connectivity index (χ3v) is 3.01. The molecule has 0 aromatic heterocycles. The largest absolute Gasteiger partial charge is 0.384 e. The first-order chi connectivity index (χ1) is 5.42. The highest BCUT2D eigenvalue weighted by molar-refractivity contribution is 4.90. The summed E-state index contributed by atoms with van der Waals surface area (Å²) in [5, 5.41) is 3.33. The van der Waals surface area contributed by atoms with Gasteiger partial charge in [-0.1, -0.05) is 0 Å². The fourth-order valence-corrected chi connectivity index (χ4v) is 1.99. The number of hydrogen-bond acceptors (Lipinski definition) is 2. The van der Waals surface area contributed by atoms with E-state index in [0.717, 1.165) is 24.4 Å². The Morgan fingerprint density at radius 3 is 2.45 bits per heavy atom. The van der Waals surface area contributed by atoms with Crippen molar-refractivity contribution in [2.75, 3.05) is 26.8 Å². The fraction of sp³-hybridized carbons (Fsp3) is 1.00. The van der Waals surface area contributed by atoms with Gasteiger partial charge < -0.3 is 10.1 Å². The van der Waals surface area contributed by atoms with Crippen LogP contribution in [0.1, 0.15) is 12.8 Å². The molecule has 1 aliphatic heterocycles. The molecular formula is C9H17NO. The lowest BCUT2D eigenvalue weighted by atomic mass is 9.84. The lowest BCUT2D eigenvalue weighted by Gasteiger charge is -2.34. The van der Waals surface area contributed by atoms with Crippen molar-refractivity contribution in [1.29, 1.82) is 0 Å². The lowest BCUT2D eigenvalue weighted by Crippen LogP contribution is -2.47. The Hall–Kier alpha value is -0.0800. The Morgan fingerprint density at radius 1 is 1.36 bits per heavy atom. The van der Waals surface area contributed by atoms with Gasteiger partial charge in [-0.2, -0.15) is 0 Å². The van der Waals surface area contributed by atoms with Crippen LogP contribution in [0, 0.1) is 17.8 Å². The van der Waals surface area contributed by atoms with Gasteiger partial charge in [-0.05, 0) is 43.7 Å². The fourth-order valence-electron chi connectivity index (χ4n) is 1.99. The molecule has 1 atom stereocenters. The molecule has 2 nitrogen and oxygen atoms in total. The zero-order valence-electron chi connectivity index (χ0n) is 7.18. The monoisotopic (exact) mass is 155 g/mol. The Labute approximate surface area is 68.3 Å². The van der Waals surface area contributed by atoms with Crippen molar-refractivity contribution >= 4 is 0 Å². The van der Waals surface area contributed by atoms with Gasteiger partial charge in [-0.25, -0.2) is 0 Å². The molecule has 1 unspecified atom stereocenters. The SMILES string of the molecule is COCC(C1CC1)C1CNC1. The molecule has 2 rings (SSSR count). The second kappa shape index (κ2) is 3.11. The first-order valence-corrected chi connectivity index (χ1v) is 4.61.